The van der Waals surface area contributed by atoms with Gasteiger partial charge >= 0.3 is 6.03 Å². The lowest BCUT2D eigenvalue weighted by molar-refractivity contribution is 0.0793. The number of benzene rings is 2. The van der Waals surface area contributed by atoms with Crippen LogP contribution in [-0.2, 0) is 0 Å². The molecule has 0 aliphatic carbocycles. The van der Waals surface area contributed by atoms with Gasteiger partial charge in [0.2, 0.25) is 0 Å². The van der Waals surface area contributed by atoms with Crippen molar-refractivity contribution in [3.63, 3.8) is 0 Å². The summed E-state index contributed by atoms with van der Waals surface area (Å²) in [5, 5.41) is 5.66. The van der Waals surface area contributed by atoms with Crippen LogP contribution in [0.3, 0.4) is 0 Å². The van der Waals surface area contributed by atoms with E-state index in [1.165, 1.54) is 12.1 Å². The van der Waals surface area contributed by atoms with Gasteiger partial charge in [0.1, 0.15) is 5.82 Å². The predicted molar refractivity (Wildman–Crippen MR) is 115 cm³/mol. The summed E-state index contributed by atoms with van der Waals surface area (Å²) < 4.78 is 12.9. The summed E-state index contributed by atoms with van der Waals surface area (Å²) in [6, 6.07) is 11.5. The highest BCUT2D eigenvalue weighted by molar-refractivity contribution is 7.99. The Morgan fingerprint density at radius 2 is 1.83 bits per heavy atom. The molecule has 2 aromatic carbocycles. The minimum Gasteiger partial charge on any atom is -0.339 e. The van der Waals surface area contributed by atoms with E-state index in [2.05, 4.69) is 10.6 Å². The van der Waals surface area contributed by atoms with Crippen molar-refractivity contribution in [1.82, 2.24) is 10.2 Å². The summed E-state index contributed by atoms with van der Waals surface area (Å²) in [4.78, 5) is 28.0. The van der Waals surface area contributed by atoms with Gasteiger partial charge in [-0.2, -0.15) is 0 Å². The van der Waals surface area contributed by atoms with Gasteiger partial charge in [0.25, 0.3) is 5.91 Å². The first-order valence-electron chi connectivity index (χ1n) is 9.87. The van der Waals surface area contributed by atoms with E-state index in [0.29, 0.717) is 17.8 Å². The monoisotopic (exact) mass is 415 g/mol. The van der Waals surface area contributed by atoms with E-state index in [1.807, 2.05) is 24.0 Å². The molecule has 0 radical (unpaired) electrons. The van der Waals surface area contributed by atoms with Crippen LogP contribution in [0.2, 0.25) is 0 Å². The van der Waals surface area contributed by atoms with E-state index in [4.69, 9.17) is 0 Å². The number of carbonyl (C=O) groups excluding carboxylic acids is 2. The molecule has 1 heterocycles. The Balaban J connectivity index is 1.48. The normalized spacial score (nSPS) is 13.4. The summed E-state index contributed by atoms with van der Waals surface area (Å²) in [5.74, 6) is 0.549. The van der Waals surface area contributed by atoms with E-state index in [9.17, 15) is 14.0 Å². The Bertz CT molecular complexity index is 852. The average molecular weight is 416 g/mol. The number of likely N-dealkylation sites (tertiary alicyclic amines) is 1. The number of halogens is 1. The zero-order valence-corrected chi connectivity index (χ0v) is 17.4. The maximum Gasteiger partial charge on any atom is 0.319 e. The van der Waals surface area contributed by atoms with Crippen molar-refractivity contribution in [2.75, 3.05) is 30.7 Å². The minimum atomic E-state index is -0.321. The van der Waals surface area contributed by atoms with Crippen molar-refractivity contribution >= 4 is 29.4 Å². The molecule has 0 bridgehead atoms. The highest BCUT2D eigenvalue weighted by Crippen LogP contribution is 2.23. The lowest BCUT2D eigenvalue weighted by Crippen LogP contribution is -2.33. The molecule has 1 aliphatic rings. The number of aryl methyl sites for hydroxylation is 1. The number of nitrogens with zero attached hydrogens (tertiary/aromatic N) is 1. The number of nitrogens with one attached hydrogen (secondary N) is 2. The van der Waals surface area contributed by atoms with Crippen LogP contribution in [0.25, 0.3) is 0 Å². The first-order chi connectivity index (χ1) is 14.0. The van der Waals surface area contributed by atoms with E-state index in [-0.39, 0.29) is 17.8 Å². The molecular weight excluding hydrogens is 389 g/mol. The molecule has 7 heteroatoms. The highest BCUT2D eigenvalue weighted by Gasteiger charge is 2.23. The number of hydrogen-bond acceptors (Lipinski definition) is 3. The molecule has 0 spiro atoms. The van der Waals surface area contributed by atoms with Crippen LogP contribution in [0.4, 0.5) is 14.9 Å². The smallest absolute Gasteiger partial charge is 0.319 e. The zero-order chi connectivity index (χ0) is 20.6. The molecule has 1 saturated heterocycles. The average Bonchev–Trinajstić information content (AvgIpc) is 3.24. The standard InChI is InChI=1S/C22H26FN3O2S/c1-16-6-4-7-19(20(16)21(27)26-13-2-3-14-26)25-22(28)24-12-5-15-29-18-10-8-17(23)9-11-18/h4,6-11H,2-3,5,12-15H2,1H3,(H2,24,25,28). The Kier molecular flexibility index (Phi) is 7.52. The summed E-state index contributed by atoms with van der Waals surface area (Å²) in [6.45, 7) is 3.94. The SMILES string of the molecule is Cc1cccc(NC(=O)NCCCSc2ccc(F)cc2)c1C(=O)N1CCCC1. The zero-order valence-electron chi connectivity index (χ0n) is 16.5. The fraction of sp³-hybridized carbons (Fsp3) is 0.364. The molecule has 1 fully saturated rings. The quantitative estimate of drug-likeness (QED) is 0.510. The molecule has 3 amide bonds. The first kappa shape index (κ1) is 21.2. The number of thioether (sulfide) groups is 1. The van der Waals surface area contributed by atoms with Crippen molar-refractivity contribution < 1.29 is 14.0 Å². The molecule has 3 rings (SSSR count). The molecule has 0 unspecified atom stereocenters. The Labute approximate surface area is 175 Å². The fourth-order valence-corrected chi connectivity index (χ4v) is 4.15. The second kappa shape index (κ2) is 10.3. The minimum absolute atomic E-state index is 0.0217. The second-order valence-corrected chi connectivity index (χ2v) is 8.20. The van der Waals surface area contributed by atoms with Crippen LogP contribution in [0.1, 0.15) is 35.2 Å². The number of rotatable bonds is 7. The van der Waals surface area contributed by atoms with Crippen molar-refractivity contribution in [3.8, 4) is 0 Å². The summed E-state index contributed by atoms with van der Waals surface area (Å²) in [7, 11) is 0. The van der Waals surface area contributed by atoms with E-state index in [0.717, 1.165) is 48.6 Å². The maximum absolute atomic E-state index is 12.9. The van der Waals surface area contributed by atoms with Crippen LogP contribution >= 0.6 is 11.8 Å². The number of hydrogen-bond donors (Lipinski definition) is 2. The van der Waals surface area contributed by atoms with Gasteiger partial charge in [-0.3, -0.25) is 4.79 Å². The summed E-state index contributed by atoms with van der Waals surface area (Å²) >= 11 is 1.62. The van der Waals surface area contributed by atoms with Crippen LogP contribution in [0, 0.1) is 12.7 Å². The third-order valence-corrected chi connectivity index (χ3v) is 5.92. The summed E-state index contributed by atoms with van der Waals surface area (Å²) in [5.41, 5.74) is 1.96. The van der Waals surface area contributed by atoms with Gasteiger partial charge in [-0.05, 0) is 67.8 Å². The lowest BCUT2D eigenvalue weighted by Gasteiger charge is -2.19. The van der Waals surface area contributed by atoms with Crippen LogP contribution in [0.5, 0.6) is 0 Å². The van der Waals surface area contributed by atoms with Gasteiger partial charge in [-0.25, -0.2) is 9.18 Å². The number of urea groups is 1. The molecule has 29 heavy (non-hydrogen) atoms. The van der Waals surface area contributed by atoms with Gasteiger partial charge < -0.3 is 15.5 Å². The molecule has 154 valence electrons. The third kappa shape index (κ3) is 5.97. The molecule has 0 saturated carbocycles. The number of amides is 3. The van der Waals surface area contributed by atoms with Crippen molar-refractivity contribution in [2.45, 2.75) is 31.1 Å². The van der Waals surface area contributed by atoms with Gasteiger partial charge in [-0.1, -0.05) is 12.1 Å². The number of carbonyl (C=O) groups is 2. The first-order valence-corrected chi connectivity index (χ1v) is 10.9. The van der Waals surface area contributed by atoms with Gasteiger partial charge in [0.15, 0.2) is 0 Å². The number of anilines is 1. The molecule has 0 atom stereocenters. The topological polar surface area (TPSA) is 61.4 Å². The molecule has 2 aromatic rings. The molecule has 5 nitrogen and oxygen atoms in total. The van der Waals surface area contributed by atoms with Crippen molar-refractivity contribution in [3.05, 3.63) is 59.4 Å². The molecule has 1 aliphatic heterocycles. The van der Waals surface area contributed by atoms with Crippen LogP contribution in [0.15, 0.2) is 47.4 Å². The van der Waals surface area contributed by atoms with Crippen LogP contribution < -0.4 is 10.6 Å². The molecular formula is C22H26FN3O2S. The van der Waals surface area contributed by atoms with Gasteiger partial charge in [0.05, 0.1) is 11.3 Å². The molecule has 0 aromatic heterocycles. The van der Waals surface area contributed by atoms with Crippen molar-refractivity contribution in [2.24, 2.45) is 0 Å². The maximum atomic E-state index is 12.9. The second-order valence-electron chi connectivity index (χ2n) is 7.03. The van der Waals surface area contributed by atoms with Gasteiger partial charge in [0, 0.05) is 24.5 Å². The Hall–Kier alpha value is -2.54. The lowest BCUT2D eigenvalue weighted by atomic mass is 10.1. The third-order valence-electron chi connectivity index (χ3n) is 4.82. The molecule has 2 N–H and O–H groups in total. The summed E-state index contributed by atoms with van der Waals surface area (Å²) in [6.07, 6.45) is 2.83. The van der Waals surface area contributed by atoms with Crippen LogP contribution in [-0.4, -0.2) is 42.2 Å². The van der Waals surface area contributed by atoms with E-state index >= 15 is 0 Å². The Morgan fingerprint density at radius 1 is 1.10 bits per heavy atom. The fourth-order valence-electron chi connectivity index (χ4n) is 3.30. The van der Waals surface area contributed by atoms with E-state index < -0.39 is 0 Å². The van der Waals surface area contributed by atoms with E-state index in [1.54, 1.807) is 30.0 Å². The predicted octanol–water partition coefficient (Wildman–Crippen LogP) is 4.67. The Morgan fingerprint density at radius 3 is 2.55 bits per heavy atom. The largest absolute Gasteiger partial charge is 0.339 e. The highest BCUT2D eigenvalue weighted by atomic mass is 32.2. The van der Waals surface area contributed by atoms with Crippen molar-refractivity contribution in [1.29, 1.82) is 0 Å². The van der Waals surface area contributed by atoms with Gasteiger partial charge in [-0.15, -0.1) is 11.8 Å².